The first-order valence-electron chi connectivity index (χ1n) is 7.41. The van der Waals surface area contributed by atoms with Crippen molar-refractivity contribution in [1.29, 1.82) is 0 Å². The molecular formula is C17H27NO. The topological polar surface area (TPSA) is 21.3 Å². The Morgan fingerprint density at radius 2 is 2.05 bits per heavy atom. The molecule has 0 spiro atoms. The summed E-state index contributed by atoms with van der Waals surface area (Å²) in [5, 5.41) is 3.62. The van der Waals surface area contributed by atoms with Crippen molar-refractivity contribution in [2.24, 2.45) is 0 Å². The van der Waals surface area contributed by atoms with Crippen LogP contribution in [-0.4, -0.2) is 19.7 Å². The van der Waals surface area contributed by atoms with E-state index >= 15 is 0 Å². The van der Waals surface area contributed by atoms with Gasteiger partial charge in [0.05, 0.1) is 7.11 Å². The Bertz CT molecular complexity index is 414. The molecule has 0 bridgehead atoms. The molecular weight excluding hydrogens is 234 g/mol. The smallest absolute Gasteiger partial charge is 0.122 e. The summed E-state index contributed by atoms with van der Waals surface area (Å²) in [6.45, 7) is 7.94. The van der Waals surface area contributed by atoms with Gasteiger partial charge in [-0.2, -0.15) is 0 Å². The van der Waals surface area contributed by atoms with Crippen molar-refractivity contribution in [1.82, 2.24) is 5.32 Å². The van der Waals surface area contributed by atoms with Gasteiger partial charge in [-0.15, -0.1) is 0 Å². The average molecular weight is 261 g/mol. The predicted octanol–water partition coefficient (Wildman–Crippen LogP) is 3.68. The normalized spacial score (nSPS) is 20.3. The molecule has 0 aromatic heterocycles. The minimum atomic E-state index is 0.195. The van der Waals surface area contributed by atoms with Crippen LogP contribution in [0.4, 0.5) is 0 Å². The molecule has 1 aliphatic heterocycles. The molecule has 0 aliphatic carbocycles. The van der Waals surface area contributed by atoms with Crippen LogP contribution in [0.5, 0.6) is 5.75 Å². The SMILES string of the molecule is COc1ccc(C(C)(C)C)cc1CC1CCCCN1. The van der Waals surface area contributed by atoms with Crippen LogP contribution in [0.15, 0.2) is 18.2 Å². The van der Waals surface area contributed by atoms with Gasteiger partial charge in [-0.1, -0.05) is 39.3 Å². The summed E-state index contributed by atoms with van der Waals surface area (Å²) in [6, 6.07) is 7.25. The van der Waals surface area contributed by atoms with Gasteiger partial charge in [-0.3, -0.25) is 0 Å². The fourth-order valence-corrected chi connectivity index (χ4v) is 2.77. The van der Waals surface area contributed by atoms with Crippen molar-refractivity contribution in [2.75, 3.05) is 13.7 Å². The Hall–Kier alpha value is -1.02. The molecule has 0 saturated carbocycles. The van der Waals surface area contributed by atoms with Crippen LogP contribution in [0.25, 0.3) is 0 Å². The zero-order chi connectivity index (χ0) is 13.9. The molecule has 1 fully saturated rings. The molecule has 106 valence electrons. The molecule has 0 radical (unpaired) electrons. The fraction of sp³-hybridized carbons (Fsp3) is 0.647. The van der Waals surface area contributed by atoms with E-state index in [0.29, 0.717) is 6.04 Å². The largest absolute Gasteiger partial charge is 0.496 e. The molecule has 1 aromatic rings. The van der Waals surface area contributed by atoms with Crippen molar-refractivity contribution in [2.45, 2.75) is 57.9 Å². The molecule has 0 amide bonds. The van der Waals surface area contributed by atoms with E-state index in [1.807, 2.05) is 0 Å². The number of ether oxygens (including phenoxy) is 1. The van der Waals surface area contributed by atoms with E-state index in [2.05, 4.69) is 44.3 Å². The maximum Gasteiger partial charge on any atom is 0.122 e. The quantitative estimate of drug-likeness (QED) is 0.896. The van der Waals surface area contributed by atoms with E-state index in [1.165, 1.54) is 30.4 Å². The second-order valence-electron chi connectivity index (χ2n) is 6.63. The van der Waals surface area contributed by atoms with Gasteiger partial charge in [0.25, 0.3) is 0 Å². The molecule has 2 nitrogen and oxygen atoms in total. The lowest BCUT2D eigenvalue weighted by Crippen LogP contribution is -2.35. The first kappa shape index (κ1) is 14.4. The van der Waals surface area contributed by atoms with Crippen LogP contribution in [0.2, 0.25) is 0 Å². The molecule has 1 unspecified atom stereocenters. The minimum absolute atomic E-state index is 0.195. The second-order valence-corrected chi connectivity index (χ2v) is 6.63. The summed E-state index contributed by atoms with van der Waals surface area (Å²) in [4.78, 5) is 0. The summed E-state index contributed by atoms with van der Waals surface area (Å²) in [7, 11) is 1.77. The van der Waals surface area contributed by atoms with Gasteiger partial charge in [-0.25, -0.2) is 0 Å². The Morgan fingerprint density at radius 1 is 1.26 bits per heavy atom. The van der Waals surface area contributed by atoms with Crippen LogP contribution < -0.4 is 10.1 Å². The van der Waals surface area contributed by atoms with Crippen LogP contribution in [0, 0.1) is 0 Å². The van der Waals surface area contributed by atoms with E-state index in [4.69, 9.17) is 4.74 Å². The zero-order valence-electron chi connectivity index (χ0n) is 12.8. The maximum absolute atomic E-state index is 5.53. The van der Waals surface area contributed by atoms with Gasteiger partial charge in [0.15, 0.2) is 0 Å². The average Bonchev–Trinajstić information content (AvgIpc) is 2.39. The van der Waals surface area contributed by atoms with Gasteiger partial charge >= 0.3 is 0 Å². The molecule has 1 aliphatic rings. The maximum atomic E-state index is 5.53. The van der Waals surface area contributed by atoms with Gasteiger partial charge in [0, 0.05) is 6.04 Å². The second kappa shape index (κ2) is 5.96. The first-order valence-corrected chi connectivity index (χ1v) is 7.41. The summed E-state index contributed by atoms with van der Waals surface area (Å²) in [6.07, 6.45) is 5.02. The van der Waals surface area contributed by atoms with Crippen LogP contribution in [0.1, 0.15) is 51.2 Å². The lowest BCUT2D eigenvalue weighted by Gasteiger charge is -2.26. The monoisotopic (exact) mass is 261 g/mol. The van der Waals surface area contributed by atoms with Crippen molar-refractivity contribution >= 4 is 0 Å². The summed E-state index contributed by atoms with van der Waals surface area (Å²) in [5.41, 5.74) is 2.93. The molecule has 2 rings (SSSR count). The van der Waals surface area contributed by atoms with E-state index < -0.39 is 0 Å². The summed E-state index contributed by atoms with van der Waals surface area (Å²) in [5.74, 6) is 1.03. The molecule has 1 atom stereocenters. The predicted molar refractivity (Wildman–Crippen MR) is 81.0 cm³/mol. The number of hydrogen-bond donors (Lipinski definition) is 1. The highest BCUT2D eigenvalue weighted by atomic mass is 16.5. The third-order valence-electron chi connectivity index (χ3n) is 4.03. The highest BCUT2D eigenvalue weighted by molar-refractivity contribution is 5.40. The molecule has 1 heterocycles. The van der Waals surface area contributed by atoms with Crippen LogP contribution in [-0.2, 0) is 11.8 Å². The van der Waals surface area contributed by atoms with Crippen molar-refractivity contribution in [3.8, 4) is 5.75 Å². The van der Waals surface area contributed by atoms with Crippen molar-refractivity contribution < 1.29 is 4.74 Å². The minimum Gasteiger partial charge on any atom is -0.496 e. The fourth-order valence-electron chi connectivity index (χ4n) is 2.77. The van der Waals surface area contributed by atoms with E-state index in [1.54, 1.807) is 7.11 Å². The number of hydrogen-bond acceptors (Lipinski definition) is 2. The van der Waals surface area contributed by atoms with Crippen molar-refractivity contribution in [3.05, 3.63) is 29.3 Å². The Morgan fingerprint density at radius 3 is 2.63 bits per heavy atom. The Labute approximate surface area is 117 Å². The Kier molecular flexibility index (Phi) is 4.51. The third-order valence-corrected chi connectivity index (χ3v) is 4.03. The van der Waals surface area contributed by atoms with E-state index in [-0.39, 0.29) is 5.41 Å². The van der Waals surface area contributed by atoms with Crippen LogP contribution in [0.3, 0.4) is 0 Å². The lowest BCUT2D eigenvalue weighted by molar-refractivity contribution is 0.381. The van der Waals surface area contributed by atoms with Crippen LogP contribution >= 0.6 is 0 Å². The number of benzene rings is 1. The van der Waals surface area contributed by atoms with E-state index in [0.717, 1.165) is 18.7 Å². The first-order chi connectivity index (χ1) is 9.00. The highest BCUT2D eigenvalue weighted by Crippen LogP contribution is 2.29. The lowest BCUT2D eigenvalue weighted by atomic mass is 9.85. The molecule has 1 N–H and O–H groups in total. The third kappa shape index (κ3) is 3.73. The van der Waals surface area contributed by atoms with E-state index in [9.17, 15) is 0 Å². The molecule has 1 saturated heterocycles. The molecule has 19 heavy (non-hydrogen) atoms. The zero-order valence-corrected chi connectivity index (χ0v) is 12.8. The Balaban J connectivity index is 2.20. The molecule has 2 heteroatoms. The van der Waals surface area contributed by atoms with Gasteiger partial charge in [0.2, 0.25) is 0 Å². The number of rotatable bonds is 3. The standard InChI is InChI=1S/C17H27NO/c1-17(2,3)14-8-9-16(19-4)13(11-14)12-15-7-5-6-10-18-15/h8-9,11,15,18H,5-7,10,12H2,1-4H3. The number of piperidine rings is 1. The van der Waals surface area contributed by atoms with Gasteiger partial charge < -0.3 is 10.1 Å². The number of methoxy groups -OCH3 is 1. The van der Waals surface area contributed by atoms with Crippen molar-refractivity contribution in [3.63, 3.8) is 0 Å². The van der Waals surface area contributed by atoms with Gasteiger partial charge in [-0.05, 0) is 48.4 Å². The summed E-state index contributed by atoms with van der Waals surface area (Å²) < 4.78 is 5.53. The van der Waals surface area contributed by atoms with Gasteiger partial charge in [0.1, 0.15) is 5.75 Å². The molecule has 1 aromatic carbocycles. The number of nitrogens with one attached hydrogen (secondary N) is 1. The summed E-state index contributed by atoms with van der Waals surface area (Å²) >= 11 is 0. The highest BCUT2D eigenvalue weighted by Gasteiger charge is 2.19.